The van der Waals surface area contributed by atoms with E-state index >= 15 is 0 Å². The molecule has 0 amide bonds. The number of allylic oxidation sites excluding steroid dienone is 4. The van der Waals surface area contributed by atoms with Crippen molar-refractivity contribution in [3.63, 3.8) is 0 Å². The van der Waals surface area contributed by atoms with Crippen LogP contribution in [0.1, 0.15) is 18.2 Å². The third-order valence-corrected chi connectivity index (χ3v) is 15.2. The first-order valence-electron chi connectivity index (χ1n) is 21.6. The lowest BCUT2D eigenvalue weighted by Gasteiger charge is -2.15. The molecule has 300 valence electrons. The van der Waals surface area contributed by atoms with Crippen molar-refractivity contribution in [1.29, 1.82) is 0 Å². The van der Waals surface area contributed by atoms with E-state index in [2.05, 4.69) is 193 Å². The zero-order chi connectivity index (χ0) is 41.9. The van der Waals surface area contributed by atoms with E-state index in [1.165, 1.54) is 56.8 Å². The first kappa shape index (κ1) is 35.8. The number of aromatic nitrogens is 4. The fourth-order valence-electron chi connectivity index (χ4n) is 9.92. The average Bonchev–Trinajstić information content (AvgIpc) is 4.12. The van der Waals surface area contributed by atoms with Crippen molar-refractivity contribution in [3.05, 3.63) is 194 Å². The van der Waals surface area contributed by atoms with Crippen LogP contribution >= 0.6 is 22.7 Å². The number of nitrogens with zero attached hydrogens (tertiary/aromatic N) is 4. The van der Waals surface area contributed by atoms with E-state index in [-0.39, 0.29) is 5.92 Å². The van der Waals surface area contributed by atoms with Gasteiger partial charge in [-0.15, -0.1) is 22.7 Å². The number of para-hydroxylation sites is 2. The van der Waals surface area contributed by atoms with Crippen LogP contribution in [0.5, 0.6) is 0 Å². The fraction of sp³-hybridized carbons (Fsp3) is 0.0351. The summed E-state index contributed by atoms with van der Waals surface area (Å²) in [5.74, 6) is 2.24. The number of thiophene rings is 2. The molecule has 0 aliphatic heterocycles. The molecule has 1 aliphatic rings. The normalized spacial score (nSPS) is 14.2. The summed E-state index contributed by atoms with van der Waals surface area (Å²) in [5, 5.41) is 9.58. The second kappa shape index (κ2) is 13.9. The summed E-state index contributed by atoms with van der Waals surface area (Å²) in [6.07, 6.45) is 9.44. The van der Waals surface area contributed by atoms with Crippen LogP contribution in [-0.2, 0) is 0 Å². The van der Waals surface area contributed by atoms with Crippen molar-refractivity contribution in [2.45, 2.75) is 12.3 Å². The topological polar surface area (TPSA) is 56.7 Å². The number of hydrogen-bond acceptors (Lipinski definition) is 6. The Morgan fingerprint density at radius 3 is 1.97 bits per heavy atom. The van der Waals surface area contributed by atoms with Gasteiger partial charge in [0.05, 0.1) is 11.0 Å². The lowest BCUT2D eigenvalue weighted by molar-refractivity contribution is 0.669. The molecule has 1 atom stereocenters. The van der Waals surface area contributed by atoms with Crippen molar-refractivity contribution in [2.75, 3.05) is 0 Å². The Morgan fingerprint density at radius 2 is 1.12 bits per heavy atom. The van der Waals surface area contributed by atoms with Crippen LogP contribution in [0.15, 0.2) is 193 Å². The number of furan rings is 1. The third kappa shape index (κ3) is 5.51. The van der Waals surface area contributed by atoms with E-state index in [4.69, 9.17) is 19.4 Å². The molecule has 0 fully saturated rings. The quantitative estimate of drug-likeness (QED) is 0.173. The Labute approximate surface area is 374 Å². The minimum Gasteiger partial charge on any atom is -0.456 e. The summed E-state index contributed by atoms with van der Waals surface area (Å²) in [7, 11) is 0. The van der Waals surface area contributed by atoms with Gasteiger partial charge in [0.1, 0.15) is 17.0 Å². The second-order valence-electron chi connectivity index (χ2n) is 16.7. The molecule has 14 rings (SSSR count). The molecular formula is C57H34N4OS2. The highest BCUT2D eigenvalue weighted by Crippen LogP contribution is 2.43. The van der Waals surface area contributed by atoms with Crippen molar-refractivity contribution >= 4 is 107 Å². The Balaban J connectivity index is 0.886. The molecule has 0 saturated heterocycles. The third-order valence-electron chi connectivity index (χ3n) is 13.0. The molecule has 1 unspecified atom stereocenters. The van der Waals surface area contributed by atoms with Crippen molar-refractivity contribution < 1.29 is 4.42 Å². The predicted molar refractivity (Wildman–Crippen MR) is 269 cm³/mol. The van der Waals surface area contributed by atoms with Gasteiger partial charge in [-0.25, -0.2) is 15.0 Å². The lowest BCUT2D eigenvalue weighted by Crippen LogP contribution is -2.08. The van der Waals surface area contributed by atoms with Crippen molar-refractivity contribution in [3.8, 4) is 39.6 Å². The standard InChI is InChI=1S/C57H34N4OS2/c1-2-11-33(12-3-1)55-58-56(36-22-26-43-42-15-6-9-19-50(42)64-53(43)31-36)60-57(59-55)44-16-10-20-52-54(44)45-29-34(23-28-51(45)63-52)35-21-25-40-41-27-24-37(32-49(41)62-48(40)30-35)61-46-17-7-4-13-38(46)39-14-5-8-18-47(39)61/h1-11,13-33H,12H2. The highest BCUT2D eigenvalue weighted by molar-refractivity contribution is 7.26. The highest BCUT2D eigenvalue weighted by Gasteiger charge is 2.21. The molecule has 5 aromatic heterocycles. The van der Waals surface area contributed by atoms with Gasteiger partial charge < -0.3 is 8.98 Å². The summed E-state index contributed by atoms with van der Waals surface area (Å²) in [4.78, 5) is 15.7. The second-order valence-corrected chi connectivity index (χ2v) is 18.8. The highest BCUT2D eigenvalue weighted by atomic mass is 32.1. The van der Waals surface area contributed by atoms with Gasteiger partial charge in [-0.3, -0.25) is 0 Å². The molecular weight excluding hydrogens is 821 g/mol. The van der Waals surface area contributed by atoms with E-state index in [9.17, 15) is 0 Å². The molecule has 0 bridgehead atoms. The van der Waals surface area contributed by atoms with Gasteiger partial charge >= 0.3 is 0 Å². The molecule has 0 spiro atoms. The van der Waals surface area contributed by atoms with Gasteiger partial charge in [0.15, 0.2) is 11.6 Å². The summed E-state index contributed by atoms with van der Waals surface area (Å²) in [6, 6.07) is 59.0. The maximum Gasteiger partial charge on any atom is 0.164 e. The maximum atomic E-state index is 6.70. The van der Waals surface area contributed by atoms with Crippen LogP contribution in [0, 0.1) is 0 Å². The monoisotopic (exact) mass is 854 g/mol. The summed E-state index contributed by atoms with van der Waals surface area (Å²) in [5.41, 5.74) is 9.42. The van der Waals surface area contributed by atoms with E-state index in [1.54, 1.807) is 11.3 Å². The van der Waals surface area contributed by atoms with E-state index in [0.29, 0.717) is 11.6 Å². The molecule has 8 aromatic carbocycles. The molecule has 0 N–H and O–H groups in total. The van der Waals surface area contributed by atoms with E-state index in [0.717, 1.165) is 67.5 Å². The molecule has 64 heavy (non-hydrogen) atoms. The van der Waals surface area contributed by atoms with Crippen molar-refractivity contribution in [2.24, 2.45) is 0 Å². The molecule has 5 heterocycles. The van der Waals surface area contributed by atoms with E-state index in [1.807, 2.05) is 11.3 Å². The van der Waals surface area contributed by atoms with Gasteiger partial charge in [0, 0.05) is 90.7 Å². The Hall–Kier alpha value is -7.71. The van der Waals surface area contributed by atoms with E-state index < -0.39 is 0 Å². The zero-order valence-electron chi connectivity index (χ0n) is 34.2. The molecule has 7 heteroatoms. The molecule has 0 radical (unpaired) electrons. The SMILES string of the molecule is C1=CCC(c2nc(-c3ccc4c(c3)sc3ccccc34)nc(-c3cccc4sc5ccc(-c6ccc7c(c6)oc6cc(-n8c9ccccc9c9ccccc98)ccc67)cc5c34)n2)C=C1. The number of rotatable bonds is 5. The number of fused-ring (bicyclic) bond motifs is 12. The number of benzene rings is 8. The number of hydrogen-bond donors (Lipinski definition) is 0. The van der Waals surface area contributed by atoms with Gasteiger partial charge in [-0.1, -0.05) is 115 Å². The first-order chi connectivity index (χ1) is 31.7. The minimum absolute atomic E-state index is 0.0667. The lowest BCUT2D eigenvalue weighted by atomic mass is 9.98. The van der Waals surface area contributed by atoms with Crippen LogP contribution in [-0.4, -0.2) is 19.5 Å². The van der Waals surface area contributed by atoms with Crippen LogP contribution in [0.4, 0.5) is 0 Å². The Bertz CT molecular complexity index is 4090. The van der Waals surface area contributed by atoms with Gasteiger partial charge in [0.25, 0.3) is 0 Å². The average molecular weight is 855 g/mol. The maximum absolute atomic E-state index is 6.70. The molecule has 5 nitrogen and oxygen atoms in total. The molecule has 0 saturated carbocycles. The van der Waals surface area contributed by atoms with Gasteiger partial charge in [0.2, 0.25) is 0 Å². The summed E-state index contributed by atoms with van der Waals surface area (Å²) >= 11 is 3.62. The summed E-state index contributed by atoms with van der Waals surface area (Å²) < 4.78 is 14.0. The van der Waals surface area contributed by atoms with Gasteiger partial charge in [-0.05, 0) is 84.3 Å². The first-order valence-corrected chi connectivity index (χ1v) is 23.2. The van der Waals surface area contributed by atoms with Gasteiger partial charge in [-0.2, -0.15) is 0 Å². The fourth-order valence-corrected chi connectivity index (χ4v) is 12.2. The largest absolute Gasteiger partial charge is 0.456 e. The van der Waals surface area contributed by atoms with Crippen LogP contribution in [0.25, 0.3) is 124 Å². The van der Waals surface area contributed by atoms with Crippen LogP contribution < -0.4 is 0 Å². The van der Waals surface area contributed by atoms with Crippen LogP contribution in [0.3, 0.4) is 0 Å². The smallest absolute Gasteiger partial charge is 0.164 e. The molecule has 1 aliphatic carbocycles. The molecule has 13 aromatic rings. The Morgan fingerprint density at radius 1 is 0.469 bits per heavy atom. The van der Waals surface area contributed by atoms with Crippen LogP contribution in [0.2, 0.25) is 0 Å². The minimum atomic E-state index is 0.0667. The zero-order valence-corrected chi connectivity index (χ0v) is 35.8. The summed E-state index contributed by atoms with van der Waals surface area (Å²) in [6.45, 7) is 0. The van der Waals surface area contributed by atoms with Crippen molar-refractivity contribution in [1.82, 2.24) is 19.5 Å². The predicted octanol–water partition coefficient (Wildman–Crippen LogP) is 16.2. The Kier molecular flexibility index (Phi) is 7.78.